The molecule has 1 aromatic heterocycles. The van der Waals surface area contributed by atoms with E-state index in [-0.39, 0.29) is 5.56 Å². The maximum absolute atomic E-state index is 11.9. The molecule has 0 fully saturated rings. The minimum atomic E-state index is -0.118. The Morgan fingerprint density at radius 3 is 2.65 bits per heavy atom. The van der Waals surface area contributed by atoms with Crippen molar-refractivity contribution >= 4 is 12.2 Å². The van der Waals surface area contributed by atoms with Crippen molar-refractivity contribution in [1.29, 1.82) is 0 Å². The Morgan fingerprint density at radius 1 is 1.35 bits per heavy atom. The summed E-state index contributed by atoms with van der Waals surface area (Å²) >= 11 is 5.15. The molecule has 2 rings (SSSR count). The van der Waals surface area contributed by atoms with Gasteiger partial charge >= 0.3 is 0 Å². The zero-order valence-electron chi connectivity index (χ0n) is 9.22. The summed E-state index contributed by atoms with van der Waals surface area (Å²) < 4.78 is 1.88. The molecule has 0 spiro atoms. The highest BCUT2D eigenvalue weighted by atomic mass is 32.1. The number of rotatable bonds is 3. The van der Waals surface area contributed by atoms with Crippen LogP contribution in [0.15, 0.2) is 53.8 Å². The van der Waals surface area contributed by atoms with Crippen molar-refractivity contribution in [3.05, 3.63) is 64.2 Å². The van der Waals surface area contributed by atoms with Crippen LogP contribution in [0.2, 0.25) is 0 Å². The number of H-pyrrole nitrogens is 1. The first-order valence-corrected chi connectivity index (χ1v) is 5.63. The summed E-state index contributed by atoms with van der Waals surface area (Å²) in [6, 6.07) is 11.2. The van der Waals surface area contributed by atoms with Crippen LogP contribution in [-0.4, -0.2) is 9.55 Å². The molecule has 0 amide bonds. The maximum atomic E-state index is 11.9. The lowest BCUT2D eigenvalue weighted by atomic mass is 10.1. The zero-order valence-corrected chi connectivity index (χ0v) is 10.0. The average Bonchev–Trinajstić information content (AvgIpc) is 2.35. The standard InChI is InChI=1S/C13H12N2OS/c1-2-8-15-12(16)9-11(14-13(15)17)10-6-4-3-5-7-10/h2-7,9H,1,8H2,(H,14,17). The highest BCUT2D eigenvalue weighted by molar-refractivity contribution is 7.71. The number of hydrogen-bond acceptors (Lipinski definition) is 2. The van der Waals surface area contributed by atoms with Crippen molar-refractivity contribution in [2.24, 2.45) is 0 Å². The summed E-state index contributed by atoms with van der Waals surface area (Å²) in [7, 11) is 0. The third-order valence-electron chi connectivity index (χ3n) is 2.42. The lowest BCUT2D eigenvalue weighted by molar-refractivity contribution is 0.741. The summed E-state index contributed by atoms with van der Waals surface area (Å²) in [4.78, 5) is 14.9. The predicted molar refractivity (Wildman–Crippen MR) is 71.5 cm³/mol. The van der Waals surface area contributed by atoms with E-state index < -0.39 is 0 Å². The van der Waals surface area contributed by atoms with E-state index in [2.05, 4.69) is 11.6 Å². The Morgan fingerprint density at radius 2 is 2.06 bits per heavy atom. The van der Waals surface area contributed by atoms with E-state index in [4.69, 9.17) is 12.2 Å². The van der Waals surface area contributed by atoms with E-state index >= 15 is 0 Å². The number of nitrogens with one attached hydrogen (secondary N) is 1. The van der Waals surface area contributed by atoms with Gasteiger partial charge in [0.15, 0.2) is 4.77 Å². The van der Waals surface area contributed by atoms with E-state index in [1.54, 1.807) is 12.1 Å². The molecule has 0 aliphatic carbocycles. The maximum Gasteiger partial charge on any atom is 0.255 e. The second kappa shape index (κ2) is 4.93. The van der Waals surface area contributed by atoms with E-state index in [9.17, 15) is 4.79 Å². The molecule has 0 bridgehead atoms. The summed E-state index contributed by atoms with van der Waals surface area (Å²) in [5.41, 5.74) is 1.56. The fraction of sp³-hybridized carbons (Fsp3) is 0.0769. The molecule has 1 N–H and O–H groups in total. The zero-order chi connectivity index (χ0) is 12.3. The molecular formula is C13H12N2OS. The molecule has 0 unspecified atom stereocenters. The van der Waals surface area contributed by atoms with Gasteiger partial charge in [0.2, 0.25) is 0 Å². The lowest BCUT2D eigenvalue weighted by Crippen LogP contribution is -2.20. The smallest absolute Gasteiger partial charge is 0.255 e. The number of aromatic amines is 1. The largest absolute Gasteiger partial charge is 0.332 e. The van der Waals surface area contributed by atoms with Crippen LogP contribution in [0.5, 0.6) is 0 Å². The van der Waals surface area contributed by atoms with Crippen molar-refractivity contribution in [3.8, 4) is 11.3 Å². The highest BCUT2D eigenvalue weighted by Crippen LogP contribution is 2.13. The third kappa shape index (κ3) is 2.42. The summed E-state index contributed by atoms with van der Waals surface area (Å²) in [5.74, 6) is 0. The fourth-order valence-corrected chi connectivity index (χ4v) is 1.87. The quantitative estimate of drug-likeness (QED) is 0.666. The number of hydrogen-bond donors (Lipinski definition) is 1. The second-order valence-corrected chi connectivity index (χ2v) is 3.98. The number of aromatic nitrogens is 2. The van der Waals surface area contributed by atoms with Crippen molar-refractivity contribution < 1.29 is 0 Å². The van der Waals surface area contributed by atoms with E-state index in [1.807, 2.05) is 30.3 Å². The van der Waals surface area contributed by atoms with Crippen LogP contribution in [0.1, 0.15) is 0 Å². The van der Waals surface area contributed by atoms with Crippen LogP contribution < -0.4 is 5.56 Å². The lowest BCUT2D eigenvalue weighted by Gasteiger charge is -2.05. The Bertz CT molecular complexity index is 609. The van der Waals surface area contributed by atoms with Crippen LogP contribution in [0.3, 0.4) is 0 Å². The molecule has 2 aromatic rings. The third-order valence-corrected chi connectivity index (χ3v) is 2.74. The minimum Gasteiger partial charge on any atom is -0.332 e. The number of benzene rings is 1. The summed E-state index contributed by atoms with van der Waals surface area (Å²) in [6.45, 7) is 4.02. The van der Waals surface area contributed by atoms with Crippen molar-refractivity contribution in [2.75, 3.05) is 0 Å². The minimum absolute atomic E-state index is 0.118. The van der Waals surface area contributed by atoms with E-state index in [0.29, 0.717) is 11.3 Å². The number of nitrogens with zero attached hydrogens (tertiary/aromatic N) is 1. The molecule has 1 aromatic carbocycles. The Hall–Kier alpha value is -1.94. The van der Waals surface area contributed by atoms with Crippen LogP contribution in [-0.2, 0) is 6.54 Å². The van der Waals surface area contributed by atoms with E-state index in [1.165, 1.54) is 4.57 Å². The first-order chi connectivity index (χ1) is 8.22. The normalized spacial score (nSPS) is 10.1. The van der Waals surface area contributed by atoms with Crippen molar-refractivity contribution in [1.82, 2.24) is 9.55 Å². The van der Waals surface area contributed by atoms with Crippen LogP contribution in [0.25, 0.3) is 11.3 Å². The van der Waals surface area contributed by atoms with Gasteiger partial charge in [-0.05, 0) is 17.8 Å². The van der Waals surface area contributed by atoms with Crippen LogP contribution in [0, 0.1) is 4.77 Å². The molecule has 4 heteroatoms. The first kappa shape index (κ1) is 11.5. The molecule has 0 aliphatic heterocycles. The molecule has 3 nitrogen and oxygen atoms in total. The Labute approximate surface area is 104 Å². The van der Waals surface area contributed by atoms with Gasteiger partial charge in [-0.25, -0.2) is 0 Å². The predicted octanol–water partition coefficient (Wildman–Crippen LogP) is 2.76. The van der Waals surface area contributed by atoms with Gasteiger partial charge in [0.1, 0.15) is 0 Å². The first-order valence-electron chi connectivity index (χ1n) is 5.23. The average molecular weight is 244 g/mol. The van der Waals surface area contributed by atoms with Gasteiger partial charge in [-0.1, -0.05) is 36.4 Å². The molecule has 0 atom stereocenters. The second-order valence-electron chi connectivity index (χ2n) is 3.59. The Balaban J connectivity index is 2.57. The molecule has 17 heavy (non-hydrogen) atoms. The van der Waals surface area contributed by atoms with Gasteiger partial charge in [-0.2, -0.15) is 0 Å². The van der Waals surface area contributed by atoms with Crippen molar-refractivity contribution in [2.45, 2.75) is 6.54 Å². The van der Waals surface area contributed by atoms with Gasteiger partial charge in [0, 0.05) is 12.6 Å². The van der Waals surface area contributed by atoms with Gasteiger partial charge in [-0.15, -0.1) is 6.58 Å². The SMILES string of the molecule is C=CCn1c(=O)cc(-c2ccccc2)[nH]c1=S. The molecule has 0 saturated carbocycles. The van der Waals surface area contributed by atoms with Gasteiger partial charge < -0.3 is 4.98 Å². The fourth-order valence-electron chi connectivity index (χ4n) is 1.60. The molecule has 0 aliphatic rings. The van der Waals surface area contributed by atoms with Crippen LogP contribution in [0.4, 0.5) is 0 Å². The summed E-state index contributed by atoms with van der Waals surface area (Å²) in [6.07, 6.45) is 1.65. The topological polar surface area (TPSA) is 37.8 Å². The van der Waals surface area contributed by atoms with Crippen molar-refractivity contribution in [3.63, 3.8) is 0 Å². The molecule has 0 saturated heterocycles. The van der Waals surface area contributed by atoms with Gasteiger partial charge in [-0.3, -0.25) is 9.36 Å². The molecule has 0 radical (unpaired) electrons. The number of allylic oxidation sites excluding steroid dienone is 1. The van der Waals surface area contributed by atoms with Gasteiger partial charge in [0.05, 0.1) is 5.69 Å². The highest BCUT2D eigenvalue weighted by Gasteiger charge is 2.02. The molecular weight excluding hydrogens is 232 g/mol. The van der Waals surface area contributed by atoms with Gasteiger partial charge in [0.25, 0.3) is 5.56 Å². The molecule has 1 heterocycles. The van der Waals surface area contributed by atoms with Crippen LogP contribution >= 0.6 is 12.2 Å². The molecule has 86 valence electrons. The Kier molecular flexibility index (Phi) is 3.35. The monoisotopic (exact) mass is 244 g/mol. The van der Waals surface area contributed by atoms with E-state index in [0.717, 1.165) is 11.3 Å². The summed E-state index contributed by atoms with van der Waals surface area (Å²) in [5, 5.41) is 0.